The topological polar surface area (TPSA) is 22.1 Å². The fourth-order valence-electron chi connectivity index (χ4n) is 0.984. The summed E-state index contributed by atoms with van der Waals surface area (Å²) in [4.78, 5) is 4.02. The molecule has 64 valence electrons. The largest absolute Gasteiger partial charge is 0.370 e. The number of nitrogens with zero attached hydrogens (tertiary/aromatic N) is 1. The summed E-state index contributed by atoms with van der Waals surface area (Å²) in [7, 11) is 5.02. The molecular formula is C10H13NO. The Bertz CT molecular complexity index is 210. The molecule has 0 saturated carbocycles. The van der Waals surface area contributed by atoms with E-state index in [1.165, 1.54) is 5.56 Å². The van der Waals surface area contributed by atoms with Crippen molar-refractivity contribution in [2.24, 2.45) is 0 Å². The molecule has 1 heterocycles. The van der Waals surface area contributed by atoms with Gasteiger partial charge < -0.3 is 4.74 Å². The van der Waals surface area contributed by atoms with Crippen molar-refractivity contribution in [2.45, 2.75) is 25.9 Å². The smallest absolute Gasteiger partial charge is 0.115 e. The Morgan fingerprint density at radius 2 is 2.50 bits per heavy atom. The van der Waals surface area contributed by atoms with E-state index in [1.54, 1.807) is 6.20 Å². The van der Waals surface area contributed by atoms with Crippen molar-refractivity contribution in [1.29, 1.82) is 0 Å². The summed E-state index contributed by atoms with van der Waals surface area (Å²) in [5.74, 6) is 0. The lowest BCUT2D eigenvalue weighted by Gasteiger charge is -2.07. The molecule has 0 saturated heterocycles. The number of rotatable bonds is 4. The summed E-state index contributed by atoms with van der Waals surface area (Å²) in [6, 6.07) is 3.99. The Labute approximate surface area is 73.6 Å². The van der Waals surface area contributed by atoms with Crippen LogP contribution in [-0.4, -0.2) is 11.1 Å². The van der Waals surface area contributed by atoms with E-state index in [0.717, 1.165) is 12.8 Å². The summed E-state index contributed by atoms with van der Waals surface area (Å²) in [6.07, 6.45) is 5.65. The lowest BCUT2D eigenvalue weighted by atomic mass is 10.1. The lowest BCUT2D eigenvalue weighted by Crippen LogP contribution is -2.04. The third kappa shape index (κ3) is 3.01. The summed E-state index contributed by atoms with van der Waals surface area (Å²) in [5, 5.41) is 0. The highest BCUT2D eigenvalue weighted by Crippen LogP contribution is 2.04. The summed E-state index contributed by atoms with van der Waals surface area (Å²) in [5.41, 5.74) is 1.22. The molecule has 2 nitrogen and oxygen atoms in total. The molecule has 0 aliphatic heterocycles. The Balaban J connectivity index is 2.33. The molecule has 0 N–H and O–H groups in total. The molecule has 1 unspecified atom stereocenters. The molecule has 1 aromatic rings. The monoisotopic (exact) mass is 163 g/mol. The van der Waals surface area contributed by atoms with E-state index in [9.17, 15) is 0 Å². The van der Waals surface area contributed by atoms with Crippen LogP contribution in [-0.2, 0) is 11.2 Å². The van der Waals surface area contributed by atoms with E-state index in [-0.39, 0.29) is 6.10 Å². The van der Waals surface area contributed by atoms with Gasteiger partial charge in [-0.05, 0) is 31.4 Å². The van der Waals surface area contributed by atoms with Crippen LogP contribution in [0.15, 0.2) is 24.5 Å². The van der Waals surface area contributed by atoms with E-state index in [1.807, 2.05) is 19.2 Å². The van der Waals surface area contributed by atoms with Crippen molar-refractivity contribution in [2.75, 3.05) is 0 Å². The number of ether oxygens (including phenoxy) is 1. The van der Waals surface area contributed by atoms with E-state index in [0.29, 0.717) is 0 Å². The van der Waals surface area contributed by atoms with E-state index in [2.05, 4.69) is 15.8 Å². The Hall–Kier alpha value is -0.890. The first-order valence-electron chi connectivity index (χ1n) is 4.07. The lowest BCUT2D eigenvalue weighted by molar-refractivity contribution is 0.147. The third-order valence-corrected chi connectivity index (χ3v) is 1.79. The second-order valence-corrected chi connectivity index (χ2v) is 2.85. The van der Waals surface area contributed by atoms with Crippen LogP contribution in [0.1, 0.15) is 18.9 Å². The SMILES string of the molecule is [CH]OC(C)CCc1cccnc1. The zero-order chi connectivity index (χ0) is 8.81. The van der Waals surface area contributed by atoms with Crippen molar-refractivity contribution in [3.8, 4) is 0 Å². The van der Waals surface area contributed by atoms with E-state index in [4.69, 9.17) is 7.11 Å². The minimum Gasteiger partial charge on any atom is -0.370 e. The highest BCUT2D eigenvalue weighted by molar-refractivity contribution is 5.08. The summed E-state index contributed by atoms with van der Waals surface area (Å²) < 4.78 is 4.65. The van der Waals surface area contributed by atoms with E-state index < -0.39 is 0 Å². The first kappa shape index (κ1) is 9.20. The van der Waals surface area contributed by atoms with Crippen LogP contribution < -0.4 is 0 Å². The van der Waals surface area contributed by atoms with Gasteiger partial charge in [0.15, 0.2) is 0 Å². The van der Waals surface area contributed by atoms with Gasteiger partial charge in [-0.25, -0.2) is 0 Å². The predicted molar refractivity (Wildman–Crippen MR) is 47.4 cm³/mol. The van der Waals surface area contributed by atoms with Crippen molar-refractivity contribution >= 4 is 0 Å². The average Bonchev–Trinajstić information content (AvgIpc) is 2.16. The summed E-state index contributed by atoms with van der Waals surface area (Å²) >= 11 is 0. The summed E-state index contributed by atoms with van der Waals surface area (Å²) in [6.45, 7) is 1.95. The van der Waals surface area contributed by atoms with Gasteiger partial charge in [0.05, 0.1) is 6.10 Å². The Kier molecular flexibility index (Phi) is 3.74. The van der Waals surface area contributed by atoms with Crippen LogP contribution >= 0.6 is 0 Å². The van der Waals surface area contributed by atoms with Crippen LogP contribution in [0.3, 0.4) is 0 Å². The second kappa shape index (κ2) is 4.88. The molecule has 0 amide bonds. The molecule has 0 spiro atoms. The molecule has 0 bridgehead atoms. The maximum atomic E-state index is 5.02. The molecule has 1 aromatic heterocycles. The molecular weight excluding hydrogens is 150 g/mol. The van der Waals surface area contributed by atoms with Gasteiger partial charge in [0.25, 0.3) is 0 Å². The first-order valence-corrected chi connectivity index (χ1v) is 4.07. The number of aryl methyl sites for hydroxylation is 1. The van der Waals surface area contributed by atoms with E-state index >= 15 is 0 Å². The van der Waals surface area contributed by atoms with Crippen LogP contribution in [0.4, 0.5) is 0 Å². The Morgan fingerprint density at radius 3 is 3.08 bits per heavy atom. The molecule has 0 aliphatic rings. The van der Waals surface area contributed by atoms with Gasteiger partial charge >= 0.3 is 0 Å². The maximum Gasteiger partial charge on any atom is 0.115 e. The number of hydrogen-bond acceptors (Lipinski definition) is 2. The predicted octanol–water partition coefficient (Wildman–Crippen LogP) is 2.09. The average molecular weight is 163 g/mol. The van der Waals surface area contributed by atoms with Crippen molar-refractivity contribution in [3.63, 3.8) is 0 Å². The van der Waals surface area contributed by atoms with Gasteiger partial charge in [0, 0.05) is 12.4 Å². The minimum absolute atomic E-state index is 0.116. The van der Waals surface area contributed by atoms with Gasteiger partial charge in [0.1, 0.15) is 7.11 Å². The highest BCUT2D eigenvalue weighted by Gasteiger charge is 1.99. The van der Waals surface area contributed by atoms with Crippen LogP contribution in [0.25, 0.3) is 0 Å². The number of pyridine rings is 1. The molecule has 2 heteroatoms. The molecule has 1 rings (SSSR count). The molecule has 0 fully saturated rings. The molecule has 0 aliphatic carbocycles. The number of aromatic nitrogens is 1. The zero-order valence-corrected chi connectivity index (χ0v) is 7.23. The van der Waals surface area contributed by atoms with Crippen LogP contribution in [0.5, 0.6) is 0 Å². The van der Waals surface area contributed by atoms with Crippen LogP contribution in [0, 0.1) is 7.11 Å². The third-order valence-electron chi connectivity index (χ3n) is 1.79. The fourth-order valence-corrected chi connectivity index (χ4v) is 0.984. The second-order valence-electron chi connectivity index (χ2n) is 2.85. The molecule has 0 aromatic carbocycles. The van der Waals surface area contributed by atoms with Gasteiger partial charge in [-0.3, -0.25) is 4.98 Å². The minimum atomic E-state index is 0.116. The van der Waals surface area contributed by atoms with Crippen LogP contribution in [0.2, 0.25) is 0 Å². The van der Waals surface area contributed by atoms with Gasteiger partial charge in [-0.1, -0.05) is 6.07 Å². The zero-order valence-electron chi connectivity index (χ0n) is 7.23. The van der Waals surface area contributed by atoms with Gasteiger partial charge in [-0.2, -0.15) is 0 Å². The van der Waals surface area contributed by atoms with Crippen molar-refractivity contribution in [3.05, 3.63) is 37.2 Å². The highest BCUT2D eigenvalue weighted by atomic mass is 16.5. The van der Waals surface area contributed by atoms with Gasteiger partial charge in [0.2, 0.25) is 0 Å². The van der Waals surface area contributed by atoms with Crippen molar-refractivity contribution in [1.82, 2.24) is 4.98 Å². The fraction of sp³-hybridized carbons (Fsp3) is 0.400. The van der Waals surface area contributed by atoms with Gasteiger partial charge in [-0.15, -0.1) is 0 Å². The molecule has 12 heavy (non-hydrogen) atoms. The Morgan fingerprint density at radius 1 is 1.67 bits per heavy atom. The normalized spacial score (nSPS) is 12.8. The number of hydrogen-bond donors (Lipinski definition) is 0. The first-order chi connectivity index (χ1) is 5.83. The molecule has 1 atom stereocenters. The quantitative estimate of drug-likeness (QED) is 0.678. The standard InChI is InChI=1S/C10H13NO/c1-9(12-2)5-6-10-4-3-7-11-8-10/h2-4,7-9H,5-6H2,1H3. The van der Waals surface area contributed by atoms with Crippen molar-refractivity contribution < 1.29 is 4.74 Å². The molecule has 2 radical (unpaired) electrons. The maximum absolute atomic E-state index is 5.02.